The summed E-state index contributed by atoms with van der Waals surface area (Å²) in [7, 11) is -6.99. The van der Waals surface area contributed by atoms with E-state index in [1.807, 2.05) is 0 Å². The van der Waals surface area contributed by atoms with Crippen molar-refractivity contribution in [1.29, 1.82) is 0 Å². The number of fused-ring (bicyclic) bond motifs is 1. The van der Waals surface area contributed by atoms with E-state index in [1.54, 1.807) is 60.2 Å². The average molecular weight is 645 g/mol. The molecular formula is C26H29N8O8PS. The summed E-state index contributed by atoms with van der Waals surface area (Å²) >= 11 is 0. The third kappa shape index (κ3) is 6.83. The Kier molecular flexibility index (Phi) is 8.24. The van der Waals surface area contributed by atoms with E-state index in [4.69, 9.17) is 13.7 Å². The summed E-state index contributed by atoms with van der Waals surface area (Å²) in [5.74, 6) is 0.837. The van der Waals surface area contributed by atoms with Crippen molar-refractivity contribution in [3.8, 4) is 5.75 Å². The van der Waals surface area contributed by atoms with Crippen molar-refractivity contribution in [3.63, 3.8) is 0 Å². The number of imidazole rings is 1. The Labute approximate surface area is 251 Å². The first-order valence-corrected chi connectivity index (χ1v) is 16.5. The van der Waals surface area contributed by atoms with Crippen LogP contribution in [0.2, 0.25) is 0 Å². The zero-order valence-electron chi connectivity index (χ0n) is 23.4. The van der Waals surface area contributed by atoms with Crippen LogP contribution in [0.25, 0.3) is 5.84 Å². The number of phosphoric ester groups is 1. The second kappa shape index (κ2) is 12.1. The fraction of sp³-hybridized carbons (Fsp3) is 0.308. The first-order chi connectivity index (χ1) is 21.0. The predicted octanol–water partition coefficient (Wildman–Crippen LogP) is 2.49. The number of hydrogen-bond acceptors (Lipinski definition) is 11. The molecule has 0 aliphatic carbocycles. The molecule has 1 aliphatic heterocycles. The first kappa shape index (κ1) is 29.9. The van der Waals surface area contributed by atoms with Crippen molar-refractivity contribution < 1.29 is 36.4 Å². The second-order valence-corrected chi connectivity index (χ2v) is 13.2. The minimum absolute atomic E-state index is 0.0132. The van der Waals surface area contributed by atoms with Crippen molar-refractivity contribution in [2.45, 2.75) is 36.6 Å². The molecule has 232 valence electrons. The van der Waals surface area contributed by atoms with E-state index in [0.29, 0.717) is 42.5 Å². The lowest BCUT2D eigenvalue weighted by Gasteiger charge is -2.31. The third-order valence-corrected chi connectivity index (χ3v) is 9.07. The maximum absolute atomic E-state index is 13.1. The molecule has 16 nitrogen and oxygen atoms in total. The number of aryl methyl sites for hydroxylation is 1. The fourth-order valence-electron chi connectivity index (χ4n) is 4.85. The quantitative estimate of drug-likeness (QED) is 0.140. The Morgan fingerprint density at radius 2 is 2.00 bits per heavy atom. The summed E-state index contributed by atoms with van der Waals surface area (Å²) < 4.78 is 58.4. The molecule has 2 unspecified atom stereocenters. The Balaban J connectivity index is 1.16. The smallest absolute Gasteiger partial charge is 0.458 e. The number of ether oxygens (including phenoxy) is 1. The molecule has 1 fully saturated rings. The number of sulfonamides is 1. The van der Waals surface area contributed by atoms with Crippen LogP contribution < -0.4 is 10.1 Å². The number of phosphoric acid groups is 1. The Bertz CT molecular complexity index is 1900. The molecule has 5 aromatic rings. The lowest BCUT2D eigenvalue weighted by molar-refractivity contribution is -0.0208. The van der Waals surface area contributed by atoms with Crippen molar-refractivity contribution >= 4 is 29.6 Å². The summed E-state index contributed by atoms with van der Waals surface area (Å²) in [6.45, 7) is 0.646. The van der Waals surface area contributed by atoms with E-state index >= 15 is 0 Å². The van der Waals surface area contributed by atoms with Crippen LogP contribution in [-0.2, 0) is 32.6 Å². The molecular weight excluding hydrogens is 615 g/mol. The summed E-state index contributed by atoms with van der Waals surface area (Å²) in [5, 5.41) is 7.33. The molecule has 3 N–H and O–H groups in total. The van der Waals surface area contributed by atoms with Crippen LogP contribution in [0, 0.1) is 0 Å². The standard InChI is InChI=1S/C26H29N8O8PS/c1-32-13-10-23(31-32)44(38,39)33-12-5-6-19(15-33)29-25-27-11-9-18(28-25)14-20-17-40-26-30-22(16-34(20)26)24(42-43(35,36)37)41-21-7-3-2-4-8-21/h2-4,7-11,13,16-17,19,24H,5-6,12,14-15H2,1H3,(H,27,28,29)(H2,35,36,37). The van der Waals surface area contributed by atoms with E-state index in [-0.39, 0.29) is 29.2 Å². The molecule has 1 saturated heterocycles. The Morgan fingerprint density at radius 3 is 2.75 bits per heavy atom. The number of rotatable bonds is 11. The lowest BCUT2D eigenvalue weighted by Crippen LogP contribution is -2.45. The highest BCUT2D eigenvalue weighted by Crippen LogP contribution is 2.43. The Hall–Kier alpha value is -4.12. The summed E-state index contributed by atoms with van der Waals surface area (Å²) in [6, 6.07) is 11.4. The molecule has 1 aromatic carbocycles. The van der Waals surface area contributed by atoms with Crippen LogP contribution in [0.1, 0.15) is 36.2 Å². The van der Waals surface area contributed by atoms with Gasteiger partial charge < -0.3 is 24.3 Å². The van der Waals surface area contributed by atoms with Gasteiger partial charge in [-0.15, -0.1) is 0 Å². The second-order valence-electron chi connectivity index (χ2n) is 10.1. The van der Waals surface area contributed by atoms with Crippen molar-refractivity contribution in [3.05, 3.63) is 84.4 Å². The van der Waals surface area contributed by atoms with Gasteiger partial charge in [0, 0.05) is 51.2 Å². The van der Waals surface area contributed by atoms with Gasteiger partial charge in [0.2, 0.25) is 5.95 Å². The number of para-hydroxylation sites is 1. The summed E-state index contributed by atoms with van der Waals surface area (Å²) in [6.07, 6.45) is 6.41. The van der Waals surface area contributed by atoms with E-state index in [9.17, 15) is 22.8 Å². The Morgan fingerprint density at radius 1 is 1.18 bits per heavy atom. The molecule has 0 saturated carbocycles. The van der Waals surface area contributed by atoms with Crippen molar-refractivity contribution in [2.24, 2.45) is 7.05 Å². The molecule has 0 radical (unpaired) electrons. The minimum Gasteiger partial charge on any atom is -0.458 e. The molecule has 4 aromatic heterocycles. The molecule has 2 atom stereocenters. The van der Waals surface area contributed by atoms with E-state index in [0.717, 1.165) is 6.42 Å². The van der Waals surface area contributed by atoms with Crippen LogP contribution in [0.15, 0.2) is 76.8 Å². The number of nitrogens with one attached hydrogen (secondary N) is 1. The molecule has 44 heavy (non-hydrogen) atoms. The summed E-state index contributed by atoms with van der Waals surface area (Å²) in [5.41, 5.74) is 1.37. The van der Waals surface area contributed by atoms with Crippen molar-refractivity contribution in [2.75, 3.05) is 18.4 Å². The molecule has 0 bridgehead atoms. The number of oxazole rings is 1. The van der Waals surface area contributed by atoms with Crippen molar-refractivity contribution in [1.82, 2.24) is 33.4 Å². The van der Waals surface area contributed by atoms with Gasteiger partial charge in [-0.25, -0.2) is 27.5 Å². The number of anilines is 1. The average Bonchev–Trinajstić information content (AvgIpc) is 3.70. The molecule has 0 spiro atoms. The molecule has 1 aliphatic rings. The number of piperidine rings is 1. The third-order valence-electron chi connectivity index (χ3n) is 6.85. The molecule has 0 amide bonds. The van der Waals surface area contributed by atoms with Gasteiger partial charge >= 0.3 is 13.7 Å². The SMILES string of the molecule is Cn1ccc(S(=O)(=O)N2CCCC(Nc3nccc(Cc4coc5nc(C(Oc6ccccc6)OP(=O)(O)O)cn45)n3)C2)n1. The molecule has 5 heterocycles. The van der Waals surface area contributed by atoms with E-state index in [2.05, 4.69) is 25.4 Å². The van der Waals surface area contributed by atoms with Gasteiger partial charge in [0.25, 0.3) is 16.3 Å². The van der Waals surface area contributed by atoms with Gasteiger partial charge in [0.15, 0.2) is 5.03 Å². The minimum atomic E-state index is -4.93. The first-order valence-electron chi connectivity index (χ1n) is 13.5. The van der Waals surface area contributed by atoms with Crippen LogP contribution in [0.5, 0.6) is 5.75 Å². The van der Waals surface area contributed by atoms with Gasteiger partial charge in [0.05, 0.1) is 11.4 Å². The van der Waals surface area contributed by atoms with Gasteiger partial charge in [-0.05, 0) is 37.1 Å². The predicted molar refractivity (Wildman–Crippen MR) is 154 cm³/mol. The number of hydrogen-bond donors (Lipinski definition) is 3. The zero-order valence-corrected chi connectivity index (χ0v) is 25.1. The van der Waals surface area contributed by atoms with Crippen LogP contribution in [-0.4, -0.2) is 70.8 Å². The van der Waals surface area contributed by atoms with Crippen LogP contribution >= 0.6 is 7.82 Å². The van der Waals surface area contributed by atoms with Gasteiger partial charge in [-0.1, -0.05) is 18.2 Å². The topological polar surface area (TPSA) is 199 Å². The zero-order chi connectivity index (χ0) is 30.9. The monoisotopic (exact) mass is 644 g/mol. The maximum atomic E-state index is 13.1. The highest BCUT2D eigenvalue weighted by Gasteiger charge is 2.32. The molecule has 18 heteroatoms. The van der Waals surface area contributed by atoms with Crippen LogP contribution in [0.3, 0.4) is 0 Å². The van der Waals surface area contributed by atoms with Gasteiger partial charge in [-0.3, -0.25) is 9.08 Å². The maximum Gasteiger partial charge on any atom is 0.473 e. The number of aromatic nitrogens is 6. The van der Waals surface area contributed by atoms with Crippen LogP contribution in [0.4, 0.5) is 5.95 Å². The number of nitrogens with zero attached hydrogens (tertiary/aromatic N) is 7. The van der Waals surface area contributed by atoms with Gasteiger partial charge in [0.1, 0.15) is 17.7 Å². The lowest BCUT2D eigenvalue weighted by atomic mass is 10.1. The normalized spacial score (nSPS) is 17.1. The highest BCUT2D eigenvalue weighted by molar-refractivity contribution is 7.89. The molecule has 6 rings (SSSR count). The van der Waals surface area contributed by atoms with Gasteiger partial charge in [-0.2, -0.15) is 14.4 Å². The fourth-order valence-corrected chi connectivity index (χ4v) is 6.72. The number of benzene rings is 1. The summed E-state index contributed by atoms with van der Waals surface area (Å²) in [4.78, 5) is 32.1. The van der Waals surface area contributed by atoms with E-state index < -0.39 is 24.1 Å². The van der Waals surface area contributed by atoms with E-state index in [1.165, 1.54) is 27.5 Å². The highest BCUT2D eigenvalue weighted by atomic mass is 32.2. The largest absolute Gasteiger partial charge is 0.473 e.